The lowest BCUT2D eigenvalue weighted by molar-refractivity contribution is 0.268. The van der Waals surface area contributed by atoms with Gasteiger partial charge in [0.25, 0.3) is 0 Å². The molecular formula is C13H12ClNO2. The number of hydrogen-bond donors (Lipinski definition) is 1. The van der Waals surface area contributed by atoms with Crippen molar-refractivity contribution in [2.75, 3.05) is 7.11 Å². The van der Waals surface area contributed by atoms with Gasteiger partial charge in [-0.05, 0) is 6.07 Å². The molecule has 1 aromatic heterocycles. The maximum atomic E-state index is 9.24. The Labute approximate surface area is 105 Å². The number of methoxy groups -OCH3 is 1. The second-order valence-corrected chi connectivity index (χ2v) is 3.90. The van der Waals surface area contributed by atoms with Gasteiger partial charge in [-0.15, -0.1) is 0 Å². The van der Waals surface area contributed by atoms with Crippen LogP contribution in [0.1, 0.15) is 5.69 Å². The van der Waals surface area contributed by atoms with E-state index in [-0.39, 0.29) is 6.61 Å². The van der Waals surface area contributed by atoms with E-state index in [1.54, 1.807) is 6.07 Å². The number of nitrogens with zero attached hydrogens (tertiary/aromatic N) is 1. The summed E-state index contributed by atoms with van der Waals surface area (Å²) in [6.07, 6.45) is 0. The lowest BCUT2D eigenvalue weighted by atomic mass is 10.1. The van der Waals surface area contributed by atoms with Gasteiger partial charge in [0.2, 0.25) is 0 Å². The number of aliphatic hydroxyl groups is 1. The third-order valence-corrected chi connectivity index (χ3v) is 2.70. The molecule has 0 spiro atoms. The van der Waals surface area contributed by atoms with Crippen LogP contribution < -0.4 is 4.74 Å². The summed E-state index contributed by atoms with van der Waals surface area (Å²) in [6.45, 7) is -0.205. The average molecular weight is 250 g/mol. The van der Waals surface area contributed by atoms with Crippen LogP contribution in [0.4, 0.5) is 0 Å². The van der Waals surface area contributed by atoms with E-state index in [9.17, 15) is 5.11 Å². The molecule has 2 aromatic rings. The summed E-state index contributed by atoms with van der Waals surface area (Å²) in [5.41, 5.74) is 2.12. The molecule has 0 fully saturated rings. The first kappa shape index (κ1) is 11.9. The predicted octanol–water partition coefficient (Wildman–Crippen LogP) is 2.90. The zero-order valence-corrected chi connectivity index (χ0v) is 10.1. The van der Waals surface area contributed by atoms with Crippen LogP contribution in [0.2, 0.25) is 5.02 Å². The molecule has 0 aliphatic carbocycles. The molecule has 0 aliphatic rings. The average Bonchev–Trinajstić information content (AvgIpc) is 2.38. The zero-order valence-electron chi connectivity index (χ0n) is 9.35. The van der Waals surface area contributed by atoms with E-state index in [1.165, 1.54) is 7.11 Å². The van der Waals surface area contributed by atoms with Crippen LogP contribution in [0.5, 0.6) is 5.75 Å². The van der Waals surface area contributed by atoms with E-state index < -0.39 is 0 Å². The molecule has 0 unspecified atom stereocenters. The first-order valence-electron chi connectivity index (χ1n) is 5.16. The minimum Gasteiger partial charge on any atom is -0.493 e. The molecule has 0 bridgehead atoms. The molecule has 3 nitrogen and oxygen atoms in total. The summed E-state index contributed by atoms with van der Waals surface area (Å²) >= 11 is 6.09. The number of benzene rings is 1. The third kappa shape index (κ3) is 2.40. The Balaban J connectivity index is 2.54. The highest BCUT2D eigenvalue weighted by atomic mass is 35.5. The lowest BCUT2D eigenvalue weighted by Crippen LogP contribution is -1.98. The fraction of sp³-hybridized carbons (Fsp3) is 0.154. The first-order valence-corrected chi connectivity index (χ1v) is 5.53. The maximum Gasteiger partial charge on any atom is 0.161 e. The summed E-state index contributed by atoms with van der Waals surface area (Å²) in [6, 6.07) is 11.4. The van der Waals surface area contributed by atoms with Crippen molar-refractivity contribution in [2.45, 2.75) is 6.61 Å². The fourth-order valence-corrected chi connectivity index (χ4v) is 1.92. The van der Waals surface area contributed by atoms with Crippen LogP contribution >= 0.6 is 11.6 Å². The Kier molecular flexibility index (Phi) is 3.61. The number of halogens is 1. The Bertz CT molecular complexity index is 514. The van der Waals surface area contributed by atoms with Crippen molar-refractivity contribution in [1.82, 2.24) is 4.98 Å². The van der Waals surface area contributed by atoms with Crippen LogP contribution in [0.25, 0.3) is 11.3 Å². The molecule has 0 atom stereocenters. The van der Waals surface area contributed by atoms with Crippen molar-refractivity contribution in [1.29, 1.82) is 0 Å². The molecular weight excluding hydrogens is 238 g/mol. The van der Waals surface area contributed by atoms with Gasteiger partial charge in [0.1, 0.15) is 5.69 Å². The van der Waals surface area contributed by atoms with Crippen molar-refractivity contribution in [3.8, 4) is 17.0 Å². The van der Waals surface area contributed by atoms with Crippen LogP contribution in [-0.2, 0) is 6.61 Å². The molecule has 1 N–H and O–H groups in total. The molecule has 0 aliphatic heterocycles. The summed E-state index contributed by atoms with van der Waals surface area (Å²) < 4.78 is 5.10. The molecule has 0 saturated heterocycles. The van der Waals surface area contributed by atoms with Crippen LogP contribution in [0.3, 0.4) is 0 Å². The normalized spacial score (nSPS) is 10.3. The Morgan fingerprint density at radius 3 is 2.59 bits per heavy atom. The number of rotatable bonds is 3. The topological polar surface area (TPSA) is 42.4 Å². The number of aromatic nitrogens is 1. The van der Waals surface area contributed by atoms with Crippen molar-refractivity contribution in [3.63, 3.8) is 0 Å². The predicted molar refractivity (Wildman–Crippen MR) is 67.2 cm³/mol. The van der Waals surface area contributed by atoms with Gasteiger partial charge in [-0.1, -0.05) is 41.9 Å². The second kappa shape index (κ2) is 5.17. The zero-order chi connectivity index (χ0) is 12.3. The molecule has 1 aromatic carbocycles. The van der Waals surface area contributed by atoms with Gasteiger partial charge < -0.3 is 9.84 Å². The highest BCUT2D eigenvalue weighted by molar-refractivity contribution is 6.32. The van der Waals surface area contributed by atoms with Gasteiger partial charge in [-0.25, -0.2) is 4.98 Å². The monoisotopic (exact) mass is 249 g/mol. The minimum absolute atomic E-state index is 0.205. The van der Waals surface area contributed by atoms with Gasteiger partial charge in [0, 0.05) is 5.56 Å². The Hall–Kier alpha value is -1.58. The van der Waals surface area contributed by atoms with Gasteiger partial charge in [-0.3, -0.25) is 0 Å². The van der Waals surface area contributed by atoms with E-state index in [0.717, 1.165) is 11.3 Å². The quantitative estimate of drug-likeness (QED) is 0.910. The van der Waals surface area contributed by atoms with Crippen molar-refractivity contribution < 1.29 is 9.84 Å². The molecule has 1 heterocycles. The molecule has 0 saturated carbocycles. The number of aliphatic hydroxyl groups excluding tert-OH is 1. The van der Waals surface area contributed by atoms with E-state index in [4.69, 9.17) is 16.3 Å². The second-order valence-electron chi connectivity index (χ2n) is 3.49. The van der Waals surface area contributed by atoms with Gasteiger partial charge in [-0.2, -0.15) is 0 Å². The fourth-order valence-electron chi connectivity index (χ4n) is 1.63. The van der Waals surface area contributed by atoms with E-state index in [0.29, 0.717) is 16.5 Å². The highest BCUT2D eigenvalue weighted by Crippen LogP contribution is 2.31. The van der Waals surface area contributed by atoms with Crippen LogP contribution in [0, 0.1) is 0 Å². The highest BCUT2D eigenvalue weighted by Gasteiger charge is 2.12. The lowest BCUT2D eigenvalue weighted by Gasteiger charge is -2.10. The summed E-state index contributed by atoms with van der Waals surface area (Å²) in [5, 5.41) is 9.69. The van der Waals surface area contributed by atoms with E-state index >= 15 is 0 Å². The first-order chi connectivity index (χ1) is 8.26. The van der Waals surface area contributed by atoms with Crippen molar-refractivity contribution in [2.24, 2.45) is 0 Å². The number of pyridine rings is 1. The molecule has 88 valence electrons. The van der Waals surface area contributed by atoms with E-state index in [1.807, 2.05) is 30.3 Å². The summed E-state index contributed by atoms with van der Waals surface area (Å²) in [4.78, 5) is 4.33. The standard InChI is InChI=1S/C13H12ClNO2/c1-17-13-10(14)7-11(15-12(13)8-16)9-5-3-2-4-6-9/h2-7,16H,8H2,1H3. The number of hydrogen-bond acceptors (Lipinski definition) is 3. The molecule has 0 amide bonds. The molecule has 4 heteroatoms. The van der Waals surface area contributed by atoms with Crippen LogP contribution in [0.15, 0.2) is 36.4 Å². The molecule has 17 heavy (non-hydrogen) atoms. The SMILES string of the molecule is COc1c(Cl)cc(-c2ccccc2)nc1CO. The smallest absolute Gasteiger partial charge is 0.161 e. The minimum atomic E-state index is -0.205. The van der Waals surface area contributed by atoms with Gasteiger partial charge in [0.15, 0.2) is 5.75 Å². The van der Waals surface area contributed by atoms with Crippen LogP contribution in [-0.4, -0.2) is 17.2 Å². The molecule has 0 radical (unpaired) electrons. The maximum absolute atomic E-state index is 9.24. The summed E-state index contributed by atoms with van der Waals surface area (Å²) in [5.74, 6) is 0.425. The van der Waals surface area contributed by atoms with Gasteiger partial charge >= 0.3 is 0 Å². The third-order valence-electron chi connectivity index (χ3n) is 2.42. The molecule has 2 rings (SSSR count). The van der Waals surface area contributed by atoms with Gasteiger partial charge in [0.05, 0.1) is 24.4 Å². The Morgan fingerprint density at radius 1 is 1.29 bits per heavy atom. The van der Waals surface area contributed by atoms with Crippen molar-refractivity contribution >= 4 is 11.6 Å². The Morgan fingerprint density at radius 2 is 2.00 bits per heavy atom. The van der Waals surface area contributed by atoms with Crippen molar-refractivity contribution in [3.05, 3.63) is 47.1 Å². The number of ether oxygens (including phenoxy) is 1. The van der Waals surface area contributed by atoms with E-state index in [2.05, 4.69) is 4.98 Å². The summed E-state index contributed by atoms with van der Waals surface area (Å²) in [7, 11) is 1.50. The largest absolute Gasteiger partial charge is 0.493 e.